The molecule has 31 heavy (non-hydrogen) atoms. The van der Waals surface area contributed by atoms with E-state index in [9.17, 15) is 22.9 Å². The van der Waals surface area contributed by atoms with Gasteiger partial charge in [0.15, 0.2) is 19.9 Å². The molecule has 1 aliphatic rings. The maximum Gasteiger partial charge on any atom is 0.236 e. The van der Waals surface area contributed by atoms with Crippen molar-refractivity contribution in [3.63, 3.8) is 0 Å². The summed E-state index contributed by atoms with van der Waals surface area (Å²) in [5.74, 6) is -2.32. The molecule has 1 saturated carbocycles. The molecule has 1 atom stereocenters. The fraction of sp³-hybridized carbons (Fsp3) is 0.476. The van der Waals surface area contributed by atoms with Gasteiger partial charge in [0, 0.05) is 4.88 Å². The zero-order valence-electron chi connectivity index (χ0n) is 17.6. The predicted molar refractivity (Wildman–Crippen MR) is 118 cm³/mol. The Bertz CT molecular complexity index is 1130. The Labute approximate surface area is 189 Å². The summed E-state index contributed by atoms with van der Waals surface area (Å²) in [5.41, 5.74) is 0.215. The van der Waals surface area contributed by atoms with E-state index in [2.05, 4.69) is 4.72 Å². The quantitative estimate of drug-likeness (QED) is 0.472. The Morgan fingerprint density at radius 1 is 1.39 bits per heavy atom. The molecule has 170 valence electrons. The van der Waals surface area contributed by atoms with Crippen molar-refractivity contribution in [1.82, 2.24) is 4.72 Å². The van der Waals surface area contributed by atoms with E-state index >= 15 is 0 Å². The number of hydrogen-bond acceptors (Lipinski definition) is 5. The highest BCUT2D eigenvalue weighted by atomic mass is 35.5. The number of carbonyl (C=O) groups excluding carboxylic acids is 1. The largest absolute Gasteiger partial charge is 0.385 e. The van der Waals surface area contributed by atoms with Crippen LogP contribution in [-0.4, -0.2) is 15.2 Å². The van der Waals surface area contributed by atoms with Gasteiger partial charge in [0.2, 0.25) is 5.91 Å². The van der Waals surface area contributed by atoms with Crippen LogP contribution in [0.4, 0.5) is 8.78 Å². The van der Waals surface area contributed by atoms with Crippen molar-refractivity contribution in [2.45, 2.75) is 68.6 Å². The number of thiophene rings is 1. The van der Waals surface area contributed by atoms with Crippen molar-refractivity contribution < 1.29 is 22.9 Å². The van der Waals surface area contributed by atoms with Crippen LogP contribution in [0.25, 0.3) is 0 Å². The summed E-state index contributed by atoms with van der Waals surface area (Å²) in [5, 5.41) is 10.0. The predicted octanol–water partition coefficient (Wildman–Crippen LogP) is 5.59. The molecule has 10 heteroatoms. The van der Waals surface area contributed by atoms with Crippen LogP contribution >= 0.6 is 22.9 Å². The Morgan fingerprint density at radius 2 is 2.00 bits per heavy atom. The first kappa shape index (κ1) is 24.1. The van der Waals surface area contributed by atoms with E-state index < -0.39 is 37.3 Å². The van der Waals surface area contributed by atoms with E-state index in [1.165, 1.54) is 19.9 Å². The minimum absolute atomic E-state index is 0.00106. The molecule has 3 rings (SSSR count). The van der Waals surface area contributed by atoms with Crippen LogP contribution < -0.4 is 4.72 Å². The monoisotopic (exact) mass is 490 g/mol. The summed E-state index contributed by atoms with van der Waals surface area (Å²) in [6.45, 7) is 6.67. The molecule has 1 aromatic heterocycles. The van der Waals surface area contributed by atoms with E-state index in [1.54, 1.807) is 0 Å². The topological polar surface area (TPSA) is 90.3 Å². The van der Waals surface area contributed by atoms with Crippen LogP contribution in [0.3, 0.4) is 0 Å². The van der Waals surface area contributed by atoms with Crippen molar-refractivity contribution in [1.29, 1.82) is 4.78 Å². The number of amides is 1. The zero-order chi connectivity index (χ0) is 23.3. The van der Waals surface area contributed by atoms with Gasteiger partial charge in [-0.05, 0) is 67.3 Å². The van der Waals surface area contributed by atoms with Gasteiger partial charge in [0.25, 0.3) is 0 Å². The number of benzene rings is 1. The summed E-state index contributed by atoms with van der Waals surface area (Å²) >= 11 is 6.75. The van der Waals surface area contributed by atoms with Crippen LogP contribution in [0.2, 0.25) is 5.02 Å². The number of aliphatic hydroxyl groups is 1. The number of hydrogen-bond donors (Lipinski definition) is 3. The first-order valence-electron chi connectivity index (χ1n) is 9.84. The Hall–Kier alpha value is -1.55. The minimum atomic E-state index is -4.01. The van der Waals surface area contributed by atoms with Gasteiger partial charge in [-0.2, -0.15) is 0 Å². The van der Waals surface area contributed by atoms with Gasteiger partial charge < -0.3 is 5.11 Å². The van der Waals surface area contributed by atoms with E-state index in [0.717, 1.165) is 18.9 Å². The lowest BCUT2D eigenvalue weighted by atomic mass is 9.89. The highest BCUT2D eigenvalue weighted by Crippen LogP contribution is 2.46. The molecule has 0 saturated heterocycles. The first-order chi connectivity index (χ1) is 14.2. The van der Waals surface area contributed by atoms with Gasteiger partial charge in [-0.3, -0.25) is 9.52 Å². The van der Waals surface area contributed by atoms with E-state index in [-0.39, 0.29) is 28.2 Å². The van der Waals surface area contributed by atoms with E-state index in [4.69, 9.17) is 16.4 Å². The summed E-state index contributed by atoms with van der Waals surface area (Å²) < 4.78 is 51.7. The van der Waals surface area contributed by atoms with Crippen molar-refractivity contribution in [3.05, 3.63) is 50.4 Å². The average Bonchev–Trinajstić information content (AvgIpc) is 3.36. The third kappa shape index (κ3) is 5.10. The summed E-state index contributed by atoms with van der Waals surface area (Å²) in [6.07, 6.45) is 1.28. The number of halogens is 3. The van der Waals surface area contributed by atoms with Crippen molar-refractivity contribution in [3.8, 4) is 0 Å². The van der Waals surface area contributed by atoms with Gasteiger partial charge in [-0.1, -0.05) is 25.4 Å². The summed E-state index contributed by atoms with van der Waals surface area (Å²) in [6, 6.07) is 2.51. The second-order valence-electron chi connectivity index (χ2n) is 8.65. The molecule has 0 unspecified atom stereocenters. The van der Waals surface area contributed by atoms with Crippen LogP contribution in [0.1, 0.15) is 73.9 Å². The van der Waals surface area contributed by atoms with Gasteiger partial charge in [-0.25, -0.2) is 17.8 Å². The molecule has 2 aromatic rings. The van der Waals surface area contributed by atoms with Gasteiger partial charge in [0.1, 0.15) is 5.82 Å². The zero-order valence-corrected chi connectivity index (χ0v) is 20.0. The number of carbonyl (C=O) groups is 1. The van der Waals surface area contributed by atoms with E-state index in [1.807, 2.05) is 13.8 Å². The van der Waals surface area contributed by atoms with Crippen LogP contribution in [0.5, 0.6) is 0 Å². The molecule has 1 aromatic carbocycles. The maximum absolute atomic E-state index is 14.8. The highest BCUT2D eigenvalue weighted by Gasteiger charge is 2.33. The average molecular weight is 491 g/mol. The number of rotatable bonds is 7. The highest BCUT2D eigenvalue weighted by molar-refractivity contribution is 7.93. The lowest BCUT2D eigenvalue weighted by Crippen LogP contribution is -2.31. The summed E-state index contributed by atoms with van der Waals surface area (Å²) in [7, 11) is -4.01. The lowest BCUT2D eigenvalue weighted by Gasteiger charge is -2.19. The Kier molecular flexibility index (Phi) is 6.55. The molecule has 0 bridgehead atoms. The molecule has 1 fully saturated rings. The van der Waals surface area contributed by atoms with Gasteiger partial charge in [-0.15, -0.1) is 11.3 Å². The second-order valence-corrected chi connectivity index (χ2v) is 12.1. The normalized spacial score (nSPS) is 16.4. The molecular weight excluding hydrogens is 466 g/mol. The third-order valence-corrected chi connectivity index (χ3v) is 8.80. The van der Waals surface area contributed by atoms with Crippen LogP contribution in [-0.2, 0) is 26.7 Å². The van der Waals surface area contributed by atoms with Crippen LogP contribution in [0.15, 0.2) is 16.3 Å². The molecule has 1 aliphatic carbocycles. The second kappa shape index (κ2) is 8.42. The fourth-order valence-corrected chi connectivity index (χ4v) is 6.14. The van der Waals surface area contributed by atoms with Crippen molar-refractivity contribution in [2.75, 3.05) is 0 Å². The minimum Gasteiger partial charge on any atom is -0.385 e. The van der Waals surface area contributed by atoms with Crippen molar-refractivity contribution >= 4 is 38.8 Å². The molecule has 3 N–H and O–H groups in total. The Morgan fingerprint density at radius 3 is 2.48 bits per heavy atom. The number of nitrogens with one attached hydrogen (secondary N) is 2. The summed E-state index contributed by atoms with van der Waals surface area (Å²) in [4.78, 5) is 12.9. The SMILES string of the molecule is CC(C)c1cc(Cl)c(F)c(C2CC2)c1CC(=O)N[S@@](=N)(=O)c1sc(C(C)(C)O)cc1F. The smallest absolute Gasteiger partial charge is 0.236 e. The maximum atomic E-state index is 14.8. The van der Waals surface area contributed by atoms with Crippen molar-refractivity contribution in [2.24, 2.45) is 0 Å². The molecular formula is C21H25ClF2N2O3S2. The molecule has 5 nitrogen and oxygen atoms in total. The molecule has 1 heterocycles. The first-order valence-corrected chi connectivity index (χ1v) is 12.6. The van der Waals surface area contributed by atoms with Gasteiger partial charge in [0.05, 0.1) is 17.0 Å². The third-order valence-electron chi connectivity index (χ3n) is 5.12. The molecule has 0 radical (unpaired) electrons. The Balaban J connectivity index is 1.93. The molecule has 0 aliphatic heterocycles. The standard InChI is InChI=1S/C21H25ClF2N2O3S2/c1-10(2)12-7-14(22)19(24)18(11-5-6-11)13(12)8-17(27)26-31(25,29)20-15(23)9-16(30-20)21(3,4)28/h7,9-11,28H,5-6,8H2,1-4H3,(H2,25,26,27,29)/t31-/m1/s1. The van der Waals surface area contributed by atoms with Crippen LogP contribution in [0, 0.1) is 16.4 Å². The fourth-order valence-electron chi connectivity index (χ4n) is 3.47. The van der Waals surface area contributed by atoms with Gasteiger partial charge >= 0.3 is 0 Å². The lowest BCUT2D eigenvalue weighted by molar-refractivity contribution is -0.118. The van der Waals surface area contributed by atoms with E-state index in [0.29, 0.717) is 28.0 Å². The molecule has 0 spiro atoms. The molecule has 1 amide bonds.